The van der Waals surface area contributed by atoms with Gasteiger partial charge >= 0.3 is 0 Å². The van der Waals surface area contributed by atoms with Crippen LogP contribution in [0.25, 0.3) is 10.8 Å². The first-order valence-corrected chi connectivity index (χ1v) is 8.69. The summed E-state index contributed by atoms with van der Waals surface area (Å²) in [7, 11) is 0. The third-order valence-corrected chi connectivity index (χ3v) is 5.61. The van der Waals surface area contributed by atoms with Crippen LogP contribution in [0.3, 0.4) is 0 Å². The fourth-order valence-electron chi connectivity index (χ4n) is 3.26. The SMILES string of the molecule is NC(=O)c1c(NC(=O)c2ccc3ccccc3c2)sc2c1CCC2. The van der Waals surface area contributed by atoms with E-state index in [0.29, 0.717) is 16.1 Å². The molecule has 1 aliphatic rings. The predicted octanol–water partition coefficient (Wildman–Crippen LogP) is 3.74. The summed E-state index contributed by atoms with van der Waals surface area (Å²) in [5, 5.41) is 5.55. The summed E-state index contributed by atoms with van der Waals surface area (Å²) in [5.74, 6) is -0.689. The van der Waals surface area contributed by atoms with E-state index in [2.05, 4.69) is 5.32 Å². The molecule has 24 heavy (non-hydrogen) atoms. The van der Waals surface area contributed by atoms with E-state index in [1.54, 1.807) is 6.07 Å². The van der Waals surface area contributed by atoms with Gasteiger partial charge in [-0.25, -0.2) is 0 Å². The number of anilines is 1. The number of carbonyl (C=O) groups excluding carboxylic acids is 2. The van der Waals surface area contributed by atoms with Crippen molar-refractivity contribution in [1.82, 2.24) is 0 Å². The van der Waals surface area contributed by atoms with E-state index in [9.17, 15) is 9.59 Å². The zero-order valence-corrected chi connectivity index (χ0v) is 13.8. The van der Waals surface area contributed by atoms with Gasteiger partial charge in [-0.15, -0.1) is 11.3 Å². The molecule has 0 saturated carbocycles. The number of thiophene rings is 1. The van der Waals surface area contributed by atoms with E-state index < -0.39 is 5.91 Å². The molecule has 0 bridgehead atoms. The standard InChI is InChI=1S/C19H16N2O2S/c20-17(22)16-14-6-3-7-15(14)24-19(16)21-18(23)13-9-8-11-4-1-2-5-12(11)10-13/h1-2,4-5,8-10H,3,6-7H2,(H2,20,22)(H,21,23). The number of primary amides is 1. The number of nitrogens with two attached hydrogens (primary N) is 1. The molecule has 0 aliphatic heterocycles. The third kappa shape index (κ3) is 2.47. The topological polar surface area (TPSA) is 72.2 Å². The number of benzene rings is 2. The minimum absolute atomic E-state index is 0.219. The number of fused-ring (bicyclic) bond motifs is 2. The molecule has 0 saturated heterocycles. The Morgan fingerprint density at radius 1 is 1.04 bits per heavy atom. The molecule has 4 rings (SSSR count). The number of amides is 2. The minimum Gasteiger partial charge on any atom is -0.365 e. The fraction of sp³-hybridized carbons (Fsp3) is 0.158. The monoisotopic (exact) mass is 336 g/mol. The van der Waals surface area contributed by atoms with Crippen LogP contribution < -0.4 is 11.1 Å². The molecule has 5 heteroatoms. The van der Waals surface area contributed by atoms with Crippen molar-refractivity contribution in [2.75, 3.05) is 5.32 Å². The molecule has 0 radical (unpaired) electrons. The Morgan fingerprint density at radius 2 is 1.83 bits per heavy atom. The van der Waals surface area contributed by atoms with Gasteiger partial charge in [-0.2, -0.15) is 0 Å². The smallest absolute Gasteiger partial charge is 0.256 e. The number of hydrogen-bond donors (Lipinski definition) is 2. The van der Waals surface area contributed by atoms with Gasteiger partial charge in [0.05, 0.1) is 5.56 Å². The molecule has 3 aromatic rings. The Balaban J connectivity index is 1.67. The van der Waals surface area contributed by atoms with Gasteiger partial charge in [0.2, 0.25) is 0 Å². The Labute approximate surface area is 143 Å². The van der Waals surface area contributed by atoms with Crippen LogP contribution >= 0.6 is 11.3 Å². The molecule has 0 fully saturated rings. The average Bonchev–Trinajstić information content (AvgIpc) is 3.14. The van der Waals surface area contributed by atoms with Crippen LogP contribution in [0, 0.1) is 0 Å². The summed E-state index contributed by atoms with van der Waals surface area (Å²) < 4.78 is 0. The Morgan fingerprint density at radius 3 is 2.62 bits per heavy atom. The summed E-state index contributed by atoms with van der Waals surface area (Å²) in [6.45, 7) is 0. The number of carbonyl (C=O) groups is 2. The maximum Gasteiger partial charge on any atom is 0.256 e. The lowest BCUT2D eigenvalue weighted by Crippen LogP contribution is -2.17. The highest BCUT2D eigenvalue weighted by atomic mass is 32.1. The van der Waals surface area contributed by atoms with Crippen molar-refractivity contribution in [3.63, 3.8) is 0 Å². The van der Waals surface area contributed by atoms with Crippen LogP contribution in [-0.4, -0.2) is 11.8 Å². The molecule has 0 spiro atoms. The Kier molecular flexibility index (Phi) is 3.58. The van der Waals surface area contributed by atoms with Gasteiger partial charge < -0.3 is 11.1 Å². The van der Waals surface area contributed by atoms with E-state index in [4.69, 9.17) is 5.73 Å². The van der Waals surface area contributed by atoms with E-state index in [-0.39, 0.29) is 5.91 Å². The number of hydrogen-bond acceptors (Lipinski definition) is 3. The first-order chi connectivity index (χ1) is 11.6. The van der Waals surface area contributed by atoms with Crippen LogP contribution in [0.5, 0.6) is 0 Å². The molecule has 1 aliphatic carbocycles. The van der Waals surface area contributed by atoms with E-state index in [1.807, 2.05) is 36.4 Å². The molecule has 0 atom stereocenters. The zero-order chi connectivity index (χ0) is 16.7. The average molecular weight is 336 g/mol. The van der Waals surface area contributed by atoms with Crippen molar-refractivity contribution >= 4 is 38.9 Å². The number of aryl methyl sites for hydroxylation is 1. The molecule has 120 valence electrons. The normalized spacial score (nSPS) is 13.0. The fourth-order valence-corrected chi connectivity index (χ4v) is 4.55. The van der Waals surface area contributed by atoms with Gasteiger partial charge in [0.1, 0.15) is 5.00 Å². The van der Waals surface area contributed by atoms with Crippen molar-refractivity contribution in [3.05, 3.63) is 64.0 Å². The molecule has 1 heterocycles. The largest absolute Gasteiger partial charge is 0.365 e. The molecule has 4 nitrogen and oxygen atoms in total. The van der Waals surface area contributed by atoms with Gasteiger partial charge in [-0.1, -0.05) is 30.3 Å². The second kappa shape index (κ2) is 5.76. The van der Waals surface area contributed by atoms with Crippen LogP contribution in [0.4, 0.5) is 5.00 Å². The van der Waals surface area contributed by atoms with Gasteiger partial charge in [0.15, 0.2) is 0 Å². The Bertz CT molecular complexity index is 975. The second-order valence-electron chi connectivity index (χ2n) is 5.94. The van der Waals surface area contributed by atoms with Crippen molar-refractivity contribution in [2.24, 2.45) is 5.73 Å². The molecule has 0 unspecified atom stereocenters. The van der Waals surface area contributed by atoms with E-state index in [0.717, 1.165) is 40.5 Å². The third-order valence-electron chi connectivity index (χ3n) is 4.41. The predicted molar refractivity (Wildman–Crippen MR) is 96.8 cm³/mol. The molecular weight excluding hydrogens is 320 g/mol. The summed E-state index contributed by atoms with van der Waals surface area (Å²) in [6.07, 6.45) is 2.85. The van der Waals surface area contributed by atoms with E-state index >= 15 is 0 Å². The van der Waals surface area contributed by atoms with Crippen molar-refractivity contribution < 1.29 is 9.59 Å². The van der Waals surface area contributed by atoms with Crippen molar-refractivity contribution in [3.8, 4) is 0 Å². The summed E-state index contributed by atoms with van der Waals surface area (Å²) in [5.41, 5.74) is 7.61. The summed E-state index contributed by atoms with van der Waals surface area (Å²) in [4.78, 5) is 25.6. The highest BCUT2D eigenvalue weighted by Gasteiger charge is 2.26. The lowest BCUT2D eigenvalue weighted by Gasteiger charge is -2.07. The van der Waals surface area contributed by atoms with Crippen LogP contribution in [-0.2, 0) is 12.8 Å². The quantitative estimate of drug-likeness (QED) is 0.765. The van der Waals surface area contributed by atoms with Gasteiger partial charge in [0.25, 0.3) is 11.8 Å². The number of rotatable bonds is 3. The molecule has 3 N–H and O–H groups in total. The minimum atomic E-state index is -0.469. The van der Waals surface area contributed by atoms with Crippen LogP contribution in [0.15, 0.2) is 42.5 Å². The molecule has 2 amide bonds. The first-order valence-electron chi connectivity index (χ1n) is 7.88. The van der Waals surface area contributed by atoms with Gasteiger partial charge in [-0.3, -0.25) is 9.59 Å². The maximum absolute atomic E-state index is 12.6. The summed E-state index contributed by atoms with van der Waals surface area (Å²) in [6, 6.07) is 13.5. The van der Waals surface area contributed by atoms with Crippen LogP contribution in [0.2, 0.25) is 0 Å². The second-order valence-corrected chi connectivity index (χ2v) is 7.05. The van der Waals surface area contributed by atoms with Gasteiger partial charge in [-0.05, 0) is 47.7 Å². The summed E-state index contributed by atoms with van der Waals surface area (Å²) >= 11 is 1.47. The number of nitrogens with one attached hydrogen (secondary N) is 1. The van der Waals surface area contributed by atoms with Crippen molar-refractivity contribution in [2.45, 2.75) is 19.3 Å². The molecular formula is C19H16N2O2S. The lowest BCUT2D eigenvalue weighted by molar-refractivity contribution is 0.100. The Hall–Kier alpha value is -2.66. The maximum atomic E-state index is 12.6. The van der Waals surface area contributed by atoms with Gasteiger partial charge in [0, 0.05) is 10.4 Å². The highest BCUT2D eigenvalue weighted by Crippen LogP contribution is 2.39. The zero-order valence-electron chi connectivity index (χ0n) is 13.0. The molecule has 2 aromatic carbocycles. The van der Waals surface area contributed by atoms with Crippen LogP contribution in [0.1, 0.15) is 37.6 Å². The first kappa shape index (κ1) is 14.9. The highest BCUT2D eigenvalue weighted by molar-refractivity contribution is 7.17. The lowest BCUT2D eigenvalue weighted by atomic mass is 10.1. The molecule has 1 aromatic heterocycles. The van der Waals surface area contributed by atoms with Crippen molar-refractivity contribution in [1.29, 1.82) is 0 Å². The van der Waals surface area contributed by atoms with E-state index in [1.165, 1.54) is 11.3 Å².